The van der Waals surface area contributed by atoms with Crippen LogP contribution in [0.1, 0.15) is 17.7 Å². The van der Waals surface area contributed by atoms with Gasteiger partial charge in [-0.3, -0.25) is 9.78 Å². The molecule has 3 heterocycles. The van der Waals surface area contributed by atoms with Crippen molar-refractivity contribution in [3.8, 4) is 0 Å². The lowest BCUT2D eigenvalue weighted by Crippen LogP contribution is -2.53. The van der Waals surface area contributed by atoms with Gasteiger partial charge in [0, 0.05) is 18.1 Å². The molecule has 1 aromatic carbocycles. The van der Waals surface area contributed by atoms with E-state index in [1.165, 1.54) is 5.01 Å². The van der Waals surface area contributed by atoms with Gasteiger partial charge in [0.05, 0.1) is 30.6 Å². The number of amides is 1. The third-order valence-corrected chi connectivity index (χ3v) is 5.04. The molecule has 1 spiro atoms. The van der Waals surface area contributed by atoms with Crippen molar-refractivity contribution < 1.29 is 9.53 Å². The fourth-order valence-corrected chi connectivity index (χ4v) is 3.67. The Kier molecular flexibility index (Phi) is 4.10. The number of carbonyl (C=O) groups is 1. The van der Waals surface area contributed by atoms with E-state index in [0.29, 0.717) is 31.0 Å². The average Bonchev–Trinajstić information content (AvgIpc) is 2.94. The standard InChI is InChI=1S/C19H21N5O2/c20-15(17-7-3-4-8-22-17)10-24(21)13-9-19(12-26-11-13)14-5-1-2-6-16(14)23-18(19)25/h1-8,10,13H,9,11-12,20-21H2,(H,23,25)/b15-10-. The first-order valence-corrected chi connectivity index (χ1v) is 8.50. The smallest absolute Gasteiger partial charge is 0.237 e. The predicted molar refractivity (Wildman–Crippen MR) is 98.4 cm³/mol. The molecule has 4 rings (SSSR count). The molecular formula is C19H21N5O2. The maximum Gasteiger partial charge on any atom is 0.237 e. The van der Waals surface area contributed by atoms with E-state index in [0.717, 1.165) is 11.3 Å². The van der Waals surface area contributed by atoms with Crippen LogP contribution in [0.15, 0.2) is 54.9 Å². The topological polar surface area (TPSA) is 107 Å². The highest BCUT2D eigenvalue weighted by atomic mass is 16.5. The number of rotatable bonds is 3. The van der Waals surface area contributed by atoms with Crippen LogP contribution >= 0.6 is 0 Å². The summed E-state index contributed by atoms with van der Waals surface area (Å²) < 4.78 is 5.79. The number of hydrogen-bond donors (Lipinski definition) is 3. The Labute approximate surface area is 151 Å². The molecule has 7 heteroatoms. The number of pyridine rings is 1. The zero-order valence-corrected chi connectivity index (χ0v) is 14.3. The summed E-state index contributed by atoms with van der Waals surface area (Å²) in [6, 6.07) is 13.0. The largest absolute Gasteiger partial charge is 0.396 e. The molecule has 2 aliphatic heterocycles. The summed E-state index contributed by atoms with van der Waals surface area (Å²) in [5.74, 6) is 6.20. The van der Waals surface area contributed by atoms with Crippen LogP contribution in [0.25, 0.3) is 5.70 Å². The van der Waals surface area contributed by atoms with Gasteiger partial charge < -0.3 is 20.8 Å². The zero-order valence-electron chi connectivity index (χ0n) is 14.3. The molecule has 2 aliphatic rings. The van der Waals surface area contributed by atoms with E-state index in [1.807, 2.05) is 42.5 Å². The van der Waals surface area contributed by atoms with Gasteiger partial charge in [-0.25, -0.2) is 5.84 Å². The number of ether oxygens (including phenoxy) is 1. The molecular weight excluding hydrogens is 330 g/mol. The number of hydrogen-bond acceptors (Lipinski definition) is 6. The summed E-state index contributed by atoms with van der Waals surface area (Å²) in [7, 11) is 0. The number of carbonyl (C=O) groups excluding carboxylic acids is 1. The molecule has 1 aromatic heterocycles. The minimum absolute atomic E-state index is 0.0431. The number of anilines is 1. The molecule has 0 saturated carbocycles. The van der Waals surface area contributed by atoms with Crippen molar-refractivity contribution in [1.82, 2.24) is 9.99 Å². The van der Waals surface area contributed by atoms with Crippen LogP contribution < -0.4 is 16.9 Å². The molecule has 0 bridgehead atoms. The van der Waals surface area contributed by atoms with Gasteiger partial charge in [-0.05, 0) is 30.2 Å². The summed E-state index contributed by atoms with van der Waals surface area (Å²) >= 11 is 0. The van der Waals surface area contributed by atoms with Crippen LogP contribution in [0.3, 0.4) is 0 Å². The van der Waals surface area contributed by atoms with Gasteiger partial charge in [-0.1, -0.05) is 24.3 Å². The fourth-order valence-electron chi connectivity index (χ4n) is 3.67. The van der Waals surface area contributed by atoms with Gasteiger partial charge in [0.2, 0.25) is 5.91 Å². The lowest BCUT2D eigenvalue weighted by atomic mass is 9.75. The van der Waals surface area contributed by atoms with Gasteiger partial charge in [0.15, 0.2) is 0 Å². The highest BCUT2D eigenvalue weighted by Crippen LogP contribution is 2.43. The summed E-state index contributed by atoms with van der Waals surface area (Å²) in [4.78, 5) is 16.9. The number of nitrogens with one attached hydrogen (secondary N) is 1. The minimum atomic E-state index is -0.718. The van der Waals surface area contributed by atoms with E-state index in [1.54, 1.807) is 12.4 Å². The Morgan fingerprint density at radius 1 is 1.31 bits per heavy atom. The van der Waals surface area contributed by atoms with Crippen LogP contribution in [-0.2, 0) is 14.9 Å². The molecule has 2 unspecified atom stereocenters. The molecule has 134 valence electrons. The second-order valence-corrected chi connectivity index (χ2v) is 6.70. The van der Waals surface area contributed by atoms with Crippen LogP contribution in [-0.4, -0.2) is 35.2 Å². The lowest BCUT2D eigenvalue weighted by Gasteiger charge is -2.39. The minimum Gasteiger partial charge on any atom is -0.396 e. The Morgan fingerprint density at radius 2 is 2.12 bits per heavy atom. The number of nitrogens with two attached hydrogens (primary N) is 2. The summed E-state index contributed by atoms with van der Waals surface area (Å²) in [5, 5.41) is 4.48. The zero-order chi connectivity index (χ0) is 18.1. The van der Waals surface area contributed by atoms with Crippen molar-refractivity contribution in [1.29, 1.82) is 0 Å². The van der Waals surface area contributed by atoms with E-state index in [-0.39, 0.29) is 11.9 Å². The highest BCUT2D eigenvalue weighted by Gasteiger charge is 2.50. The van der Waals surface area contributed by atoms with Crippen molar-refractivity contribution in [2.45, 2.75) is 17.9 Å². The third-order valence-electron chi connectivity index (χ3n) is 5.04. The summed E-state index contributed by atoms with van der Waals surface area (Å²) in [5.41, 5.74) is 8.31. The van der Waals surface area contributed by atoms with E-state index >= 15 is 0 Å². The third kappa shape index (κ3) is 2.71. The van der Waals surface area contributed by atoms with Crippen LogP contribution in [0, 0.1) is 0 Å². The van der Waals surface area contributed by atoms with E-state index in [9.17, 15) is 4.79 Å². The molecule has 2 aromatic rings. The molecule has 0 radical (unpaired) electrons. The molecule has 1 fully saturated rings. The normalized spacial score (nSPS) is 25.0. The average molecular weight is 351 g/mol. The SMILES string of the molecule is N/C(=C\N(N)C1COCC2(C1)C(=O)Nc1ccccc12)c1ccccn1. The maximum absolute atomic E-state index is 12.7. The quantitative estimate of drug-likeness (QED) is 0.567. The Hall–Kier alpha value is -2.90. The van der Waals surface area contributed by atoms with Crippen molar-refractivity contribution in [3.05, 3.63) is 66.1 Å². The van der Waals surface area contributed by atoms with Gasteiger partial charge in [0.25, 0.3) is 0 Å². The first kappa shape index (κ1) is 16.6. The first-order chi connectivity index (χ1) is 12.6. The van der Waals surface area contributed by atoms with Gasteiger partial charge in [-0.2, -0.15) is 0 Å². The van der Waals surface area contributed by atoms with Crippen molar-refractivity contribution in [2.75, 3.05) is 18.5 Å². The van der Waals surface area contributed by atoms with Crippen LogP contribution in [0.5, 0.6) is 0 Å². The predicted octanol–water partition coefficient (Wildman–Crippen LogP) is 1.19. The van der Waals surface area contributed by atoms with Gasteiger partial charge in [-0.15, -0.1) is 0 Å². The second kappa shape index (κ2) is 6.44. The monoisotopic (exact) mass is 351 g/mol. The van der Waals surface area contributed by atoms with E-state index < -0.39 is 5.41 Å². The first-order valence-electron chi connectivity index (χ1n) is 8.50. The van der Waals surface area contributed by atoms with Gasteiger partial charge in [0.1, 0.15) is 5.41 Å². The molecule has 1 amide bonds. The number of nitrogens with zero attached hydrogens (tertiary/aromatic N) is 2. The van der Waals surface area contributed by atoms with Crippen molar-refractivity contribution >= 4 is 17.3 Å². The fraction of sp³-hybridized carbons (Fsp3) is 0.263. The summed E-state index contributed by atoms with van der Waals surface area (Å²) in [6.07, 6.45) is 3.88. The molecule has 0 aliphatic carbocycles. The van der Waals surface area contributed by atoms with Crippen molar-refractivity contribution in [2.24, 2.45) is 11.6 Å². The van der Waals surface area contributed by atoms with E-state index in [4.69, 9.17) is 16.3 Å². The van der Waals surface area contributed by atoms with Crippen molar-refractivity contribution in [3.63, 3.8) is 0 Å². The number of hydrazine groups is 1. The Bertz CT molecular complexity index is 854. The summed E-state index contributed by atoms with van der Waals surface area (Å²) in [6.45, 7) is 0.777. The second-order valence-electron chi connectivity index (χ2n) is 6.70. The Morgan fingerprint density at radius 3 is 2.92 bits per heavy atom. The lowest BCUT2D eigenvalue weighted by molar-refractivity contribution is -0.127. The van der Waals surface area contributed by atoms with Crippen LogP contribution in [0.2, 0.25) is 0 Å². The van der Waals surface area contributed by atoms with Crippen LogP contribution in [0.4, 0.5) is 5.69 Å². The number of para-hydroxylation sites is 1. The van der Waals surface area contributed by atoms with E-state index in [2.05, 4.69) is 10.3 Å². The molecule has 2 atom stereocenters. The highest BCUT2D eigenvalue weighted by molar-refractivity contribution is 6.06. The molecule has 26 heavy (non-hydrogen) atoms. The number of fused-ring (bicyclic) bond motifs is 2. The Balaban J connectivity index is 1.59. The molecule has 5 N–H and O–H groups in total. The van der Waals surface area contributed by atoms with Gasteiger partial charge >= 0.3 is 0 Å². The maximum atomic E-state index is 12.7. The number of benzene rings is 1. The molecule has 7 nitrogen and oxygen atoms in total. The molecule has 1 saturated heterocycles. The number of aromatic nitrogens is 1.